The highest BCUT2D eigenvalue weighted by Crippen LogP contribution is 2.17. The van der Waals surface area contributed by atoms with Gasteiger partial charge in [0, 0.05) is 12.8 Å². The number of allylic oxidation sites excluding steroid dienone is 18. The minimum absolute atomic E-state index is 0.144. The number of nitrogens with zero attached hydrogens (tertiary/aromatic N) is 1. The number of likely N-dealkylation sites (N-methyl/N-ethyl adjacent to an activating group) is 1. The Morgan fingerprint density at radius 1 is 0.365 bits per heavy atom. The average molecular weight is 1190 g/mol. The van der Waals surface area contributed by atoms with Crippen molar-refractivity contribution in [1.29, 1.82) is 0 Å². The molecule has 0 aromatic heterocycles. The van der Waals surface area contributed by atoms with Gasteiger partial charge in [-0.05, 0) is 103 Å². The van der Waals surface area contributed by atoms with E-state index in [2.05, 4.69) is 123 Å². The van der Waals surface area contributed by atoms with Crippen LogP contribution in [-0.4, -0.2) is 82.3 Å². The summed E-state index contributed by atoms with van der Waals surface area (Å²) in [4.78, 5) is 37.5. The van der Waals surface area contributed by atoms with E-state index < -0.39 is 24.3 Å². The third-order valence-electron chi connectivity index (χ3n) is 15.0. The van der Waals surface area contributed by atoms with Crippen LogP contribution in [0.1, 0.15) is 296 Å². The molecule has 0 aliphatic rings. The van der Waals surface area contributed by atoms with Crippen LogP contribution in [0.4, 0.5) is 0 Å². The number of carboxylic acid groups (broad SMARTS) is 1. The molecule has 2 atom stereocenters. The molecule has 0 amide bonds. The lowest BCUT2D eigenvalue weighted by Gasteiger charge is -2.26. The summed E-state index contributed by atoms with van der Waals surface area (Å²) < 4.78 is 22.8. The number of unbranched alkanes of at least 4 members (excludes halogenated alkanes) is 31. The fourth-order valence-corrected chi connectivity index (χ4v) is 9.67. The highest BCUT2D eigenvalue weighted by molar-refractivity contribution is 5.70. The monoisotopic (exact) mass is 1190 g/mol. The average Bonchev–Trinajstić information content (AvgIpc) is 3.48. The number of carbonyl (C=O) groups excluding carboxylic acids is 3. The van der Waals surface area contributed by atoms with Crippen LogP contribution in [-0.2, 0) is 33.3 Å². The van der Waals surface area contributed by atoms with Crippen molar-refractivity contribution >= 4 is 17.9 Å². The van der Waals surface area contributed by atoms with Crippen molar-refractivity contribution in [2.45, 2.75) is 309 Å². The minimum Gasteiger partial charge on any atom is -0.545 e. The lowest BCUT2D eigenvalue weighted by atomic mass is 10.0. The Hall–Kier alpha value is -4.05. The van der Waals surface area contributed by atoms with Gasteiger partial charge in [0.05, 0.1) is 40.3 Å². The van der Waals surface area contributed by atoms with Crippen LogP contribution in [0, 0.1) is 0 Å². The molecule has 0 aliphatic heterocycles. The molecule has 0 saturated carbocycles. The van der Waals surface area contributed by atoms with Crippen molar-refractivity contribution in [1.82, 2.24) is 0 Å². The first kappa shape index (κ1) is 81.0. The third-order valence-corrected chi connectivity index (χ3v) is 15.0. The Bertz CT molecular complexity index is 1760. The summed E-state index contributed by atoms with van der Waals surface area (Å²) in [6.45, 7) is 4.65. The standard InChI is InChI=1S/C76H131NO8/c1-6-8-10-12-14-16-18-20-22-24-26-28-30-31-32-33-34-35-36-37-38-39-40-41-42-43-45-47-49-51-53-55-57-59-61-63-65-67-74(79)85-72(71-84-76(75(80)81)82-69-68-77(3,4)5)70-83-73(78)66-64-62-60-58-56-54-52-50-48-46-44-29-27-25-23-21-19-17-15-13-11-9-7-2/h8,10,14,16,20,22,25-28,31-32,34-35,37-38,40-41,72,76H,6-7,9,11-13,15,17-19,21,23-24,29-30,33,36,39,42-71H2,1-5H3/b10-8-,16-14-,22-20-,27-25-,28-26-,32-31-,35-34-,38-37-,41-40-. The van der Waals surface area contributed by atoms with Crippen LogP contribution in [0.5, 0.6) is 0 Å². The van der Waals surface area contributed by atoms with E-state index in [1.165, 1.54) is 173 Å². The van der Waals surface area contributed by atoms with Crippen molar-refractivity contribution in [3.8, 4) is 0 Å². The molecule has 0 aliphatic carbocycles. The molecule has 0 spiro atoms. The third kappa shape index (κ3) is 67.3. The Morgan fingerprint density at radius 3 is 1.01 bits per heavy atom. The smallest absolute Gasteiger partial charge is 0.306 e. The second-order valence-corrected chi connectivity index (χ2v) is 24.4. The van der Waals surface area contributed by atoms with Crippen LogP contribution in [0.3, 0.4) is 0 Å². The molecule has 85 heavy (non-hydrogen) atoms. The molecule has 0 fully saturated rings. The van der Waals surface area contributed by atoms with Gasteiger partial charge in [-0.1, -0.05) is 290 Å². The number of carboxylic acids is 1. The zero-order valence-electron chi connectivity index (χ0n) is 55.7. The first-order valence-corrected chi connectivity index (χ1v) is 35.0. The summed E-state index contributed by atoms with van der Waals surface area (Å²) in [5.74, 6) is -2.28. The van der Waals surface area contributed by atoms with E-state index in [1.54, 1.807) is 0 Å². The zero-order valence-corrected chi connectivity index (χ0v) is 55.7. The highest BCUT2D eigenvalue weighted by Gasteiger charge is 2.22. The normalized spacial score (nSPS) is 13.4. The number of aliphatic carboxylic acids is 1. The largest absolute Gasteiger partial charge is 0.545 e. The number of quaternary nitrogens is 1. The van der Waals surface area contributed by atoms with E-state index in [9.17, 15) is 19.5 Å². The second-order valence-electron chi connectivity index (χ2n) is 24.4. The summed E-state index contributed by atoms with van der Waals surface area (Å²) in [6, 6.07) is 0. The molecule has 0 rings (SSSR count). The molecule has 0 radical (unpaired) electrons. The van der Waals surface area contributed by atoms with Crippen molar-refractivity contribution in [2.24, 2.45) is 0 Å². The van der Waals surface area contributed by atoms with Crippen LogP contribution >= 0.6 is 0 Å². The molecule has 0 saturated heterocycles. The SMILES string of the molecule is CC/C=C\C/C=C\C/C=C\C/C=C\C/C=C\C/C=C\C/C=C\C/C=C\CCCCCCCCCCCCCCC(=O)OC(COC(=O)CCCCCCCCCCCCC/C=C\CCCCCCCCCC)COC(OCC[N+](C)(C)C)C(=O)[O-]. The fraction of sp³-hybridized carbons (Fsp3) is 0.724. The number of hydrogen-bond acceptors (Lipinski definition) is 8. The van der Waals surface area contributed by atoms with Gasteiger partial charge in [0.2, 0.25) is 0 Å². The number of carbonyl (C=O) groups is 3. The van der Waals surface area contributed by atoms with Gasteiger partial charge in [-0.2, -0.15) is 0 Å². The first-order chi connectivity index (χ1) is 41.6. The van der Waals surface area contributed by atoms with E-state index in [0.717, 1.165) is 89.9 Å². The molecule has 0 heterocycles. The molecule has 0 aromatic rings. The van der Waals surface area contributed by atoms with Gasteiger partial charge in [-0.15, -0.1) is 0 Å². The maximum Gasteiger partial charge on any atom is 0.306 e. The predicted octanol–water partition coefficient (Wildman–Crippen LogP) is 20.5. The summed E-state index contributed by atoms with van der Waals surface area (Å²) in [5, 5.41) is 11.8. The van der Waals surface area contributed by atoms with E-state index in [-0.39, 0.29) is 38.6 Å². The van der Waals surface area contributed by atoms with E-state index in [4.69, 9.17) is 18.9 Å². The molecule has 2 unspecified atom stereocenters. The van der Waals surface area contributed by atoms with Crippen LogP contribution in [0.25, 0.3) is 0 Å². The number of rotatable bonds is 64. The van der Waals surface area contributed by atoms with Crippen LogP contribution in [0.15, 0.2) is 109 Å². The van der Waals surface area contributed by atoms with Gasteiger partial charge in [0.15, 0.2) is 12.4 Å². The highest BCUT2D eigenvalue weighted by atomic mass is 16.7. The van der Waals surface area contributed by atoms with Gasteiger partial charge in [-0.25, -0.2) is 0 Å². The Morgan fingerprint density at radius 2 is 0.671 bits per heavy atom. The lowest BCUT2D eigenvalue weighted by Crippen LogP contribution is -2.44. The summed E-state index contributed by atoms with van der Waals surface area (Å²) >= 11 is 0. The molecule has 9 nitrogen and oxygen atoms in total. The van der Waals surface area contributed by atoms with Gasteiger partial charge in [0.1, 0.15) is 13.2 Å². The van der Waals surface area contributed by atoms with Gasteiger partial charge >= 0.3 is 11.9 Å². The van der Waals surface area contributed by atoms with Gasteiger partial charge < -0.3 is 33.3 Å². The van der Waals surface area contributed by atoms with E-state index in [0.29, 0.717) is 17.4 Å². The summed E-state index contributed by atoms with van der Waals surface area (Å²) in [6.07, 6.45) is 88.8. The topological polar surface area (TPSA) is 111 Å². The maximum absolute atomic E-state index is 12.9. The molecule has 0 bridgehead atoms. The van der Waals surface area contributed by atoms with Crippen LogP contribution < -0.4 is 5.11 Å². The number of hydrogen-bond donors (Lipinski definition) is 0. The Kier molecular flexibility index (Phi) is 62.8. The van der Waals surface area contributed by atoms with E-state index >= 15 is 0 Å². The molecular weight excluding hydrogens is 1050 g/mol. The van der Waals surface area contributed by atoms with Crippen molar-refractivity contribution in [3.05, 3.63) is 109 Å². The summed E-state index contributed by atoms with van der Waals surface area (Å²) in [7, 11) is 5.93. The maximum atomic E-state index is 12.9. The lowest BCUT2D eigenvalue weighted by molar-refractivity contribution is -0.870. The molecule has 0 aromatic carbocycles. The van der Waals surface area contributed by atoms with Crippen molar-refractivity contribution < 1.29 is 42.9 Å². The zero-order chi connectivity index (χ0) is 61.9. The van der Waals surface area contributed by atoms with Crippen LogP contribution in [0.2, 0.25) is 0 Å². The quantitative estimate of drug-likeness (QED) is 0.0195. The van der Waals surface area contributed by atoms with Gasteiger partial charge in [0.25, 0.3) is 0 Å². The van der Waals surface area contributed by atoms with Gasteiger partial charge in [-0.3, -0.25) is 9.59 Å². The molecule has 488 valence electrons. The molecular formula is C76H131NO8. The second kappa shape index (κ2) is 65.9. The minimum atomic E-state index is -1.63. The van der Waals surface area contributed by atoms with Crippen molar-refractivity contribution in [2.75, 3.05) is 47.5 Å². The molecule has 9 heteroatoms. The fourth-order valence-electron chi connectivity index (χ4n) is 9.67. The predicted molar refractivity (Wildman–Crippen MR) is 361 cm³/mol. The molecule has 0 N–H and O–H groups in total. The Balaban J connectivity index is 4.13. The number of ether oxygens (including phenoxy) is 4. The van der Waals surface area contributed by atoms with Crippen molar-refractivity contribution in [3.63, 3.8) is 0 Å². The Labute approximate surface area is 524 Å². The number of esters is 2. The summed E-state index contributed by atoms with van der Waals surface area (Å²) in [5.41, 5.74) is 0. The first-order valence-electron chi connectivity index (χ1n) is 35.0. The van der Waals surface area contributed by atoms with E-state index in [1.807, 2.05) is 21.1 Å².